The van der Waals surface area contributed by atoms with Gasteiger partial charge < -0.3 is 10.6 Å². The third kappa shape index (κ3) is 3.10. The first-order valence-corrected chi connectivity index (χ1v) is 7.25. The van der Waals surface area contributed by atoms with Gasteiger partial charge in [0.25, 0.3) is 0 Å². The van der Waals surface area contributed by atoms with E-state index >= 15 is 0 Å². The van der Waals surface area contributed by atoms with E-state index in [2.05, 4.69) is 10.6 Å². The van der Waals surface area contributed by atoms with Crippen molar-refractivity contribution in [2.24, 2.45) is 0 Å². The summed E-state index contributed by atoms with van der Waals surface area (Å²) in [6, 6.07) is 8.75. The van der Waals surface area contributed by atoms with Gasteiger partial charge in [-0.15, -0.1) is 0 Å². The van der Waals surface area contributed by atoms with E-state index in [1.807, 2.05) is 0 Å². The second-order valence-electron chi connectivity index (χ2n) is 5.60. The Morgan fingerprint density at radius 2 is 1.58 bits per heavy atom. The molecule has 0 atom stereocenters. The summed E-state index contributed by atoms with van der Waals surface area (Å²) in [7, 11) is 0. The maximum atomic E-state index is 13.9. The van der Waals surface area contributed by atoms with Crippen molar-refractivity contribution in [2.75, 3.05) is 5.32 Å². The van der Waals surface area contributed by atoms with E-state index in [0.717, 1.165) is 18.2 Å². The fraction of sp³-hybridized carbons (Fsp3) is 0.176. The summed E-state index contributed by atoms with van der Waals surface area (Å²) in [5.74, 6) is -4.67. The Labute approximate surface area is 135 Å². The van der Waals surface area contributed by atoms with Gasteiger partial charge in [0.05, 0.1) is 5.54 Å². The van der Waals surface area contributed by atoms with Gasteiger partial charge in [0.15, 0.2) is 11.6 Å². The molecule has 0 radical (unpaired) electrons. The van der Waals surface area contributed by atoms with Gasteiger partial charge in [-0.3, -0.25) is 9.59 Å². The molecule has 0 spiro atoms. The van der Waals surface area contributed by atoms with Crippen molar-refractivity contribution in [2.45, 2.75) is 18.4 Å². The Balaban J connectivity index is 1.69. The van der Waals surface area contributed by atoms with Gasteiger partial charge in [0, 0.05) is 17.3 Å². The third-order valence-corrected chi connectivity index (χ3v) is 3.88. The highest BCUT2D eigenvalue weighted by molar-refractivity contribution is 6.39. The number of carbonyl (C=O) groups is 2. The van der Waals surface area contributed by atoms with Crippen molar-refractivity contribution >= 4 is 17.5 Å². The van der Waals surface area contributed by atoms with E-state index in [1.165, 1.54) is 12.1 Å². The van der Waals surface area contributed by atoms with Crippen LogP contribution >= 0.6 is 0 Å². The van der Waals surface area contributed by atoms with Gasteiger partial charge in [-0.05, 0) is 31.0 Å². The van der Waals surface area contributed by atoms with Crippen LogP contribution < -0.4 is 10.6 Å². The number of hydrogen-bond donors (Lipinski definition) is 2. The van der Waals surface area contributed by atoms with Crippen LogP contribution in [0.4, 0.5) is 18.9 Å². The maximum Gasteiger partial charge on any atom is 0.313 e. The summed E-state index contributed by atoms with van der Waals surface area (Å²) in [4.78, 5) is 23.9. The first kappa shape index (κ1) is 16.0. The lowest BCUT2D eigenvalue weighted by atomic mass is 10.0. The molecule has 0 saturated heterocycles. The van der Waals surface area contributed by atoms with Crippen LogP contribution in [0.5, 0.6) is 0 Å². The molecule has 7 heteroatoms. The first-order chi connectivity index (χ1) is 11.4. The molecule has 0 heterocycles. The van der Waals surface area contributed by atoms with Crippen molar-refractivity contribution in [3.8, 4) is 0 Å². The van der Waals surface area contributed by atoms with E-state index < -0.39 is 34.8 Å². The quantitative estimate of drug-likeness (QED) is 0.848. The lowest BCUT2D eigenvalue weighted by Gasteiger charge is -2.18. The smallest absolute Gasteiger partial charge is 0.313 e. The van der Waals surface area contributed by atoms with Crippen LogP contribution in [0.15, 0.2) is 42.5 Å². The van der Waals surface area contributed by atoms with Gasteiger partial charge in [-0.1, -0.05) is 18.2 Å². The molecule has 4 nitrogen and oxygen atoms in total. The summed E-state index contributed by atoms with van der Waals surface area (Å²) >= 11 is 0. The minimum absolute atomic E-state index is 0.0511. The number of halogens is 3. The molecule has 2 amide bonds. The molecule has 124 valence electrons. The standard InChI is InChI=1S/C17H13F3N2O2/c18-12-4-2-1-3-11(12)17(7-8-17)22-16(24)15(23)21-10-5-6-13(19)14(20)9-10/h1-6,9H,7-8H2,(H,21,23)(H,22,24). The van der Waals surface area contributed by atoms with Crippen molar-refractivity contribution < 1.29 is 22.8 Å². The van der Waals surface area contributed by atoms with Gasteiger partial charge in [-0.25, -0.2) is 13.2 Å². The molecule has 0 aliphatic heterocycles. The Hall–Kier alpha value is -2.83. The molecule has 1 fully saturated rings. The van der Waals surface area contributed by atoms with Crippen molar-refractivity contribution in [1.82, 2.24) is 5.32 Å². The average molecular weight is 334 g/mol. The molecule has 1 aliphatic rings. The summed E-state index contributed by atoms with van der Waals surface area (Å²) < 4.78 is 39.8. The van der Waals surface area contributed by atoms with Crippen LogP contribution in [0.1, 0.15) is 18.4 Å². The Morgan fingerprint density at radius 1 is 0.875 bits per heavy atom. The number of carbonyl (C=O) groups excluding carboxylic acids is 2. The average Bonchev–Trinajstić information content (AvgIpc) is 3.31. The van der Waals surface area contributed by atoms with Crippen molar-refractivity contribution in [3.63, 3.8) is 0 Å². The second kappa shape index (κ2) is 5.99. The van der Waals surface area contributed by atoms with Crippen molar-refractivity contribution in [3.05, 3.63) is 65.5 Å². The number of benzene rings is 2. The zero-order valence-electron chi connectivity index (χ0n) is 12.4. The maximum absolute atomic E-state index is 13.9. The molecule has 2 aromatic carbocycles. The van der Waals surface area contributed by atoms with Crippen LogP contribution in [0, 0.1) is 17.5 Å². The van der Waals surface area contributed by atoms with Crippen LogP contribution in [0.25, 0.3) is 0 Å². The molecule has 0 unspecified atom stereocenters. The van der Waals surface area contributed by atoms with Crippen LogP contribution in [0.2, 0.25) is 0 Å². The Kier molecular flexibility index (Phi) is 4.01. The number of anilines is 1. The zero-order valence-corrected chi connectivity index (χ0v) is 12.4. The highest BCUT2D eigenvalue weighted by Crippen LogP contribution is 2.46. The molecule has 24 heavy (non-hydrogen) atoms. The molecular weight excluding hydrogens is 321 g/mol. The highest BCUT2D eigenvalue weighted by Gasteiger charge is 2.48. The van der Waals surface area contributed by atoms with Crippen LogP contribution in [0.3, 0.4) is 0 Å². The van der Waals surface area contributed by atoms with Gasteiger partial charge in [-0.2, -0.15) is 0 Å². The van der Waals surface area contributed by atoms with E-state index in [1.54, 1.807) is 12.1 Å². The molecular formula is C17H13F3N2O2. The lowest BCUT2D eigenvalue weighted by Crippen LogP contribution is -2.42. The first-order valence-electron chi connectivity index (χ1n) is 7.25. The van der Waals surface area contributed by atoms with Crippen LogP contribution in [-0.2, 0) is 15.1 Å². The zero-order chi connectivity index (χ0) is 17.3. The fourth-order valence-electron chi connectivity index (χ4n) is 2.47. The molecule has 2 aromatic rings. The lowest BCUT2D eigenvalue weighted by molar-refractivity contribution is -0.136. The number of amides is 2. The van der Waals surface area contributed by atoms with E-state index in [0.29, 0.717) is 18.4 Å². The number of nitrogens with one attached hydrogen (secondary N) is 2. The number of hydrogen-bond acceptors (Lipinski definition) is 2. The molecule has 3 rings (SSSR count). The highest BCUT2D eigenvalue weighted by atomic mass is 19.2. The predicted molar refractivity (Wildman–Crippen MR) is 80.4 cm³/mol. The molecule has 2 N–H and O–H groups in total. The van der Waals surface area contributed by atoms with E-state index in [4.69, 9.17) is 0 Å². The summed E-state index contributed by atoms with van der Waals surface area (Å²) in [5.41, 5.74) is -0.628. The minimum atomic E-state index is -1.14. The third-order valence-electron chi connectivity index (χ3n) is 3.88. The molecule has 0 aromatic heterocycles. The predicted octanol–water partition coefficient (Wildman–Crippen LogP) is 2.85. The molecule has 1 saturated carbocycles. The van der Waals surface area contributed by atoms with Crippen LogP contribution in [-0.4, -0.2) is 11.8 Å². The largest absolute Gasteiger partial charge is 0.338 e. The van der Waals surface area contributed by atoms with E-state index in [-0.39, 0.29) is 5.69 Å². The summed E-state index contributed by atoms with van der Waals surface area (Å²) in [5, 5.41) is 4.69. The summed E-state index contributed by atoms with van der Waals surface area (Å²) in [6.45, 7) is 0. The fourth-order valence-corrected chi connectivity index (χ4v) is 2.47. The molecule has 1 aliphatic carbocycles. The Morgan fingerprint density at radius 3 is 2.21 bits per heavy atom. The Bertz CT molecular complexity index is 819. The van der Waals surface area contributed by atoms with Gasteiger partial charge >= 0.3 is 11.8 Å². The topological polar surface area (TPSA) is 58.2 Å². The molecule has 0 bridgehead atoms. The second-order valence-corrected chi connectivity index (χ2v) is 5.60. The van der Waals surface area contributed by atoms with Gasteiger partial charge in [0.1, 0.15) is 5.82 Å². The summed E-state index contributed by atoms with van der Waals surface area (Å²) in [6.07, 6.45) is 1.02. The SMILES string of the molecule is O=C(Nc1ccc(F)c(F)c1)C(=O)NC1(c2ccccc2F)CC1. The number of rotatable bonds is 3. The van der Waals surface area contributed by atoms with E-state index in [9.17, 15) is 22.8 Å². The normalized spacial score (nSPS) is 14.8. The van der Waals surface area contributed by atoms with Crippen molar-refractivity contribution in [1.29, 1.82) is 0 Å². The van der Waals surface area contributed by atoms with Gasteiger partial charge in [0.2, 0.25) is 0 Å². The monoisotopic (exact) mass is 334 g/mol. The minimum Gasteiger partial charge on any atom is -0.338 e.